The van der Waals surface area contributed by atoms with Crippen LogP contribution in [0.25, 0.3) is 0 Å². The van der Waals surface area contributed by atoms with Gasteiger partial charge in [0.15, 0.2) is 0 Å². The fraction of sp³-hybridized carbons (Fsp3) is 0.682. The van der Waals surface area contributed by atoms with Crippen molar-refractivity contribution in [2.45, 2.75) is 51.1 Å². The molecule has 1 saturated carbocycles. The third-order valence-electron chi connectivity index (χ3n) is 6.05. The third kappa shape index (κ3) is 4.13. The van der Waals surface area contributed by atoms with Crippen molar-refractivity contribution in [1.29, 1.82) is 0 Å². The number of carbonyl (C=O) groups is 1. The molecule has 2 atom stereocenters. The van der Waals surface area contributed by atoms with Crippen LogP contribution in [0.4, 0.5) is 0 Å². The van der Waals surface area contributed by atoms with Gasteiger partial charge in [-0.05, 0) is 50.4 Å². The van der Waals surface area contributed by atoms with Crippen molar-refractivity contribution in [1.82, 2.24) is 10.2 Å². The number of amides is 1. The van der Waals surface area contributed by atoms with Gasteiger partial charge in [-0.25, -0.2) is 0 Å². The zero-order valence-corrected chi connectivity index (χ0v) is 17.0. The summed E-state index contributed by atoms with van der Waals surface area (Å²) in [5.41, 5.74) is 2.26. The summed E-state index contributed by atoms with van der Waals surface area (Å²) in [7, 11) is 1.71. The Kier molecular flexibility index (Phi) is 6.07. The number of ether oxygens (including phenoxy) is 3. The lowest BCUT2D eigenvalue weighted by molar-refractivity contribution is -0.137. The van der Waals surface area contributed by atoms with Crippen LogP contribution in [-0.2, 0) is 16.0 Å². The molecule has 4 rings (SSSR count). The van der Waals surface area contributed by atoms with E-state index in [4.69, 9.17) is 14.2 Å². The Balaban J connectivity index is 1.55. The first kappa shape index (κ1) is 19.5. The molecule has 1 aromatic rings. The van der Waals surface area contributed by atoms with E-state index >= 15 is 0 Å². The van der Waals surface area contributed by atoms with Gasteiger partial charge in [-0.3, -0.25) is 4.79 Å². The van der Waals surface area contributed by atoms with Gasteiger partial charge in [0, 0.05) is 44.7 Å². The lowest BCUT2D eigenvalue weighted by Crippen LogP contribution is -2.40. The van der Waals surface area contributed by atoms with Crippen LogP contribution in [0.15, 0.2) is 12.1 Å². The average molecular weight is 389 g/mol. The molecule has 0 bridgehead atoms. The molecule has 1 aliphatic carbocycles. The Hall–Kier alpha value is -1.79. The lowest BCUT2D eigenvalue weighted by Gasteiger charge is -2.32. The van der Waals surface area contributed by atoms with Crippen molar-refractivity contribution in [3.8, 4) is 11.5 Å². The molecule has 0 aromatic heterocycles. The quantitative estimate of drug-likeness (QED) is 0.659. The third-order valence-corrected chi connectivity index (χ3v) is 6.05. The fourth-order valence-electron chi connectivity index (χ4n) is 4.31. The van der Waals surface area contributed by atoms with Crippen LogP contribution in [0, 0.1) is 5.92 Å². The highest BCUT2D eigenvalue weighted by Gasteiger charge is 2.40. The van der Waals surface area contributed by atoms with Gasteiger partial charge in [-0.2, -0.15) is 0 Å². The molecule has 1 unspecified atom stereocenters. The second-order valence-corrected chi connectivity index (χ2v) is 8.13. The van der Waals surface area contributed by atoms with Crippen molar-refractivity contribution >= 4 is 5.91 Å². The van der Waals surface area contributed by atoms with Crippen LogP contribution >= 0.6 is 0 Å². The Labute approximate surface area is 167 Å². The van der Waals surface area contributed by atoms with E-state index in [-0.39, 0.29) is 12.0 Å². The first-order valence-electron chi connectivity index (χ1n) is 10.6. The minimum absolute atomic E-state index is 0.0245. The number of nitrogens with one attached hydrogen (secondary N) is 1. The Morgan fingerprint density at radius 1 is 1.32 bits per heavy atom. The maximum atomic E-state index is 13.2. The summed E-state index contributed by atoms with van der Waals surface area (Å²) in [6.07, 6.45) is 4.89. The zero-order valence-electron chi connectivity index (χ0n) is 17.0. The van der Waals surface area contributed by atoms with Crippen molar-refractivity contribution in [3.63, 3.8) is 0 Å². The summed E-state index contributed by atoms with van der Waals surface area (Å²) in [6, 6.07) is 4.64. The first-order valence-corrected chi connectivity index (χ1v) is 10.6. The molecule has 0 spiro atoms. The molecule has 2 aliphatic heterocycles. The molecule has 0 radical (unpaired) electrons. The smallest absolute Gasteiger partial charge is 0.227 e. The second-order valence-electron chi connectivity index (χ2n) is 8.13. The predicted octanol–water partition coefficient (Wildman–Crippen LogP) is 2.70. The van der Waals surface area contributed by atoms with Crippen molar-refractivity contribution < 1.29 is 19.0 Å². The van der Waals surface area contributed by atoms with Gasteiger partial charge in [0.05, 0.1) is 25.2 Å². The maximum Gasteiger partial charge on any atom is 0.227 e. The summed E-state index contributed by atoms with van der Waals surface area (Å²) in [6.45, 7) is 5.89. The molecule has 3 aliphatic rings. The van der Waals surface area contributed by atoms with Crippen LogP contribution in [0.2, 0.25) is 0 Å². The molecule has 6 nitrogen and oxygen atoms in total. The van der Waals surface area contributed by atoms with E-state index in [0.717, 1.165) is 67.8 Å². The summed E-state index contributed by atoms with van der Waals surface area (Å²) >= 11 is 0. The maximum absolute atomic E-state index is 13.2. The fourth-order valence-corrected chi connectivity index (χ4v) is 4.31. The lowest BCUT2D eigenvalue weighted by atomic mass is 9.99. The molecular formula is C22H32N2O4. The van der Waals surface area contributed by atoms with Crippen molar-refractivity contribution in [2.24, 2.45) is 5.92 Å². The van der Waals surface area contributed by atoms with Gasteiger partial charge >= 0.3 is 0 Å². The van der Waals surface area contributed by atoms with Crippen LogP contribution in [0.5, 0.6) is 11.5 Å². The SMILES string of the molecule is COCCCOc1cc(C(C)N(C(=O)[C@@H]2CCNC2)C2CC2)cc2c1CCO2. The normalized spacial score (nSPS) is 21.9. The molecule has 1 amide bonds. The summed E-state index contributed by atoms with van der Waals surface area (Å²) in [4.78, 5) is 15.3. The van der Waals surface area contributed by atoms with Gasteiger partial charge in [0.1, 0.15) is 11.5 Å². The van der Waals surface area contributed by atoms with Crippen LogP contribution in [-0.4, -0.2) is 56.9 Å². The molecule has 1 aromatic carbocycles. The number of nitrogens with zero attached hydrogens (tertiary/aromatic N) is 1. The summed E-state index contributed by atoms with van der Waals surface area (Å²) < 4.78 is 17.1. The largest absolute Gasteiger partial charge is 0.493 e. The van der Waals surface area contributed by atoms with Crippen molar-refractivity contribution in [2.75, 3.05) is 40.0 Å². The minimum atomic E-state index is 0.0245. The van der Waals surface area contributed by atoms with Crippen LogP contribution in [0.3, 0.4) is 0 Å². The van der Waals surface area contributed by atoms with Gasteiger partial charge < -0.3 is 24.4 Å². The second kappa shape index (κ2) is 8.70. The molecule has 154 valence electrons. The van der Waals surface area contributed by atoms with Gasteiger partial charge in [-0.1, -0.05) is 0 Å². The number of hydrogen-bond donors (Lipinski definition) is 1. The Bertz CT molecular complexity index is 698. The zero-order chi connectivity index (χ0) is 19.5. The summed E-state index contributed by atoms with van der Waals surface area (Å²) in [5, 5.41) is 3.32. The average Bonchev–Trinajstić information content (AvgIpc) is 3.19. The molecule has 1 N–H and O–H groups in total. The standard InChI is InChI=1S/C22H32N2O4/c1-15(24(18-4-5-18)22(25)16-6-8-23-14-16)17-12-20(27-10-3-9-26-2)19-7-11-28-21(19)13-17/h12-13,15-16,18,23H,3-11,14H2,1-2H3/t15?,16-/m1/s1. The van der Waals surface area contributed by atoms with Crippen LogP contribution < -0.4 is 14.8 Å². The molecule has 2 heterocycles. The monoisotopic (exact) mass is 388 g/mol. The van der Waals surface area contributed by atoms with E-state index in [2.05, 4.69) is 29.3 Å². The first-order chi connectivity index (χ1) is 13.7. The van der Waals surface area contributed by atoms with Crippen molar-refractivity contribution in [3.05, 3.63) is 23.3 Å². The van der Waals surface area contributed by atoms with Crippen LogP contribution in [0.1, 0.15) is 49.8 Å². The number of rotatable bonds is 9. The molecule has 6 heteroatoms. The van der Waals surface area contributed by atoms with E-state index < -0.39 is 0 Å². The Morgan fingerprint density at radius 3 is 2.89 bits per heavy atom. The van der Waals surface area contributed by atoms with Gasteiger partial charge in [-0.15, -0.1) is 0 Å². The van der Waals surface area contributed by atoms with Gasteiger partial charge in [0.25, 0.3) is 0 Å². The highest BCUT2D eigenvalue weighted by atomic mass is 16.5. The number of benzene rings is 1. The van der Waals surface area contributed by atoms with E-state index in [1.807, 2.05) is 0 Å². The highest BCUT2D eigenvalue weighted by Crippen LogP contribution is 2.41. The van der Waals surface area contributed by atoms with E-state index in [1.165, 1.54) is 0 Å². The Morgan fingerprint density at radius 2 is 2.18 bits per heavy atom. The van der Waals surface area contributed by atoms with E-state index in [9.17, 15) is 4.79 Å². The molecular weight excluding hydrogens is 356 g/mol. The van der Waals surface area contributed by atoms with E-state index in [0.29, 0.717) is 31.8 Å². The molecule has 28 heavy (non-hydrogen) atoms. The predicted molar refractivity (Wildman–Crippen MR) is 107 cm³/mol. The van der Waals surface area contributed by atoms with Gasteiger partial charge in [0.2, 0.25) is 5.91 Å². The number of fused-ring (bicyclic) bond motifs is 1. The highest BCUT2D eigenvalue weighted by molar-refractivity contribution is 5.80. The number of methoxy groups -OCH3 is 1. The topological polar surface area (TPSA) is 60.0 Å². The number of hydrogen-bond acceptors (Lipinski definition) is 5. The summed E-state index contributed by atoms with van der Waals surface area (Å²) in [5.74, 6) is 2.22. The minimum Gasteiger partial charge on any atom is -0.493 e. The van der Waals surface area contributed by atoms with E-state index in [1.54, 1.807) is 7.11 Å². The number of carbonyl (C=O) groups excluding carboxylic acids is 1. The molecule has 1 saturated heterocycles. The molecule has 2 fully saturated rings.